The lowest BCUT2D eigenvalue weighted by Crippen LogP contribution is -2.43. The van der Waals surface area contributed by atoms with Gasteiger partial charge in [0, 0.05) is 31.6 Å². The molecule has 11 nitrogen and oxygen atoms in total. The first kappa shape index (κ1) is 25.5. The van der Waals surface area contributed by atoms with Crippen molar-refractivity contribution in [3.8, 4) is 5.75 Å². The number of carbonyl (C=O) groups is 1. The van der Waals surface area contributed by atoms with E-state index < -0.39 is 18.3 Å². The number of halogens is 2. The van der Waals surface area contributed by atoms with Crippen LogP contribution in [-0.4, -0.2) is 60.3 Å². The highest BCUT2D eigenvalue weighted by Crippen LogP contribution is 2.39. The third-order valence-corrected chi connectivity index (χ3v) is 5.65. The molecular weight excluding hydrogens is 474 g/mol. The van der Waals surface area contributed by atoms with Crippen molar-refractivity contribution in [1.82, 2.24) is 35.5 Å². The van der Waals surface area contributed by atoms with Crippen LogP contribution in [0.1, 0.15) is 49.0 Å². The lowest BCUT2D eigenvalue weighted by atomic mass is 9.91. The van der Waals surface area contributed by atoms with Gasteiger partial charge in [-0.1, -0.05) is 5.21 Å². The summed E-state index contributed by atoms with van der Waals surface area (Å²) in [6.07, 6.45) is 3.62. The summed E-state index contributed by atoms with van der Waals surface area (Å²) < 4.78 is 33.2. The maximum Gasteiger partial charge on any atom is 0.255 e. The lowest BCUT2D eigenvalue weighted by molar-refractivity contribution is -0.134. The number of hydrogen-bond acceptors (Lipinski definition) is 9. The molecular formula is C23H28F2N8O3. The Bertz CT molecular complexity index is 1150. The van der Waals surface area contributed by atoms with Gasteiger partial charge in [0.25, 0.3) is 5.92 Å². The molecule has 3 aromatic heterocycles. The number of rotatable bonds is 12. The Morgan fingerprint density at radius 3 is 2.78 bits per heavy atom. The molecule has 192 valence electrons. The molecule has 1 fully saturated rings. The van der Waals surface area contributed by atoms with Gasteiger partial charge in [0.05, 0.1) is 24.0 Å². The van der Waals surface area contributed by atoms with Crippen LogP contribution in [0, 0.1) is 0 Å². The summed E-state index contributed by atoms with van der Waals surface area (Å²) >= 11 is 0. The highest BCUT2D eigenvalue weighted by molar-refractivity contribution is 5.91. The van der Waals surface area contributed by atoms with Crippen LogP contribution in [0.2, 0.25) is 0 Å². The number of aliphatic hydroxyl groups is 1. The highest BCUT2D eigenvalue weighted by atomic mass is 19.3. The number of pyridine rings is 1. The zero-order chi connectivity index (χ0) is 25.5. The summed E-state index contributed by atoms with van der Waals surface area (Å²) in [6.45, 7) is 0.665. The number of aryl methyl sites for hydroxylation is 2. The molecule has 1 amide bonds. The van der Waals surface area contributed by atoms with Crippen LogP contribution in [0.25, 0.3) is 0 Å². The summed E-state index contributed by atoms with van der Waals surface area (Å²) in [5.41, 5.74) is 1.73. The molecule has 0 aliphatic heterocycles. The number of nitrogens with zero attached hydrogens (tertiary/aromatic N) is 6. The molecule has 1 atom stereocenters. The molecule has 1 aliphatic carbocycles. The Morgan fingerprint density at radius 2 is 2.06 bits per heavy atom. The van der Waals surface area contributed by atoms with Gasteiger partial charge in [-0.05, 0) is 44.5 Å². The number of carbonyl (C=O) groups excluding carboxylic acids is 1. The first-order valence-corrected chi connectivity index (χ1v) is 11.7. The second-order valence-electron chi connectivity index (χ2n) is 8.68. The SMILES string of the molecule is CNC(O)c1cn(CCCCc2ccc(NC(=O)Cc3cc(OC4CC(F)(F)C4)ccn3)nn2)nn1. The third kappa shape index (κ3) is 7.21. The van der Waals surface area contributed by atoms with Crippen LogP contribution in [0.4, 0.5) is 14.6 Å². The highest BCUT2D eigenvalue weighted by Gasteiger charge is 2.47. The molecule has 0 saturated heterocycles. The van der Waals surface area contributed by atoms with Crippen molar-refractivity contribution in [1.29, 1.82) is 0 Å². The molecule has 1 unspecified atom stereocenters. The fraction of sp³-hybridized carbons (Fsp3) is 0.478. The number of unbranched alkanes of at least 4 members (excludes halogenated alkanes) is 1. The zero-order valence-corrected chi connectivity index (χ0v) is 19.8. The molecule has 0 radical (unpaired) electrons. The Hall–Kier alpha value is -3.58. The molecule has 0 bridgehead atoms. The monoisotopic (exact) mass is 502 g/mol. The average Bonchev–Trinajstić information content (AvgIpc) is 3.30. The molecule has 3 heterocycles. The van der Waals surface area contributed by atoms with Crippen LogP contribution in [-0.2, 0) is 24.2 Å². The maximum absolute atomic E-state index is 13.0. The number of anilines is 1. The van der Waals surface area contributed by atoms with E-state index in [4.69, 9.17) is 4.74 Å². The average molecular weight is 503 g/mol. The second kappa shape index (κ2) is 11.4. The Kier molecular flexibility index (Phi) is 8.10. The summed E-state index contributed by atoms with van der Waals surface area (Å²) in [6, 6.07) is 6.65. The van der Waals surface area contributed by atoms with Crippen LogP contribution >= 0.6 is 0 Å². The van der Waals surface area contributed by atoms with E-state index in [0.29, 0.717) is 35.9 Å². The number of hydrogen-bond donors (Lipinski definition) is 3. The number of alkyl halides is 2. The summed E-state index contributed by atoms with van der Waals surface area (Å²) in [5.74, 6) is -2.24. The van der Waals surface area contributed by atoms with Gasteiger partial charge in [-0.2, -0.15) is 5.10 Å². The normalized spacial score (nSPS) is 15.8. The fourth-order valence-corrected chi connectivity index (χ4v) is 3.70. The van der Waals surface area contributed by atoms with E-state index in [1.807, 2.05) is 0 Å². The van der Waals surface area contributed by atoms with Crippen molar-refractivity contribution in [2.24, 2.45) is 0 Å². The standard InChI is InChI=1S/C23H28F2N8O3/c1-26-22(35)19-14-33(32-30-19)9-3-2-4-15-5-6-20(31-29-15)28-21(34)11-16-10-17(7-8-27-16)36-18-12-23(24,25)13-18/h5-8,10,14,18,22,26,35H,2-4,9,11-13H2,1H3,(H,28,31,34). The molecule has 1 saturated carbocycles. The Labute approximate surface area is 206 Å². The van der Waals surface area contributed by atoms with E-state index in [0.717, 1.165) is 18.5 Å². The van der Waals surface area contributed by atoms with Crippen LogP contribution in [0.3, 0.4) is 0 Å². The van der Waals surface area contributed by atoms with Crippen LogP contribution < -0.4 is 15.4 Å². The van der Waals surface area contributed by atoms with Crippen LogP contribution in [0.15, 0.2) is 36.7 Å². The minimum atomic E-state index is -2.66. The number of nitrogens with one attached hydrogen (secondary N) is 2. The molecule has 1 aliphatic rings. The van der Waals surface area contributed by atoms with Crippen molar-refractivity contribution >= 4 is 11.7 Å². The van der Waals surface area contributed by atoms with Gasteiger partial charge in [0.15, 0.2) is 12.0 Å². The van der Waals surface area contributed by atoms with Gasteiger partial charge in [0.1, 0.15) is 17.5 Å². The maximum atomic E-state index is 13.0. The Balaban J connectivity index is 1.18. The first-order chi connectivity index (χ1) is 17.3. The lowest BCUT2D eigenvalue weighted by Gasteiger charge is -2.34. The topological polar surface area (TPSA) is 140 Å². The van der Waals surface area contributed by atoms with Crippen molar-refractivity contribution in [3.05, 3.63) is 53.7 Å². The van der Waals surface area contributed by atoms with E-state index in [1.54, 1.807) is 42.2 Å². The minimum Gasteiger partial charge on any atom is -0.490 e. The van der Waals surface area contributed by atoms with Gasteiger partial charge in [-0.25, -0.2) is 8.78 Å². The zero-order valence-electron chi connectivity index (χ0n) is 19.8. The molecule has 0 aromatic carbocycles. The van der Waals surface area contributed by atoms with Crippen molar-refractivity contribution in [3.63, 3.8) is 0 Å². The quantitative estimate of drug-likeness (QED) is 0.251. The smallest absolute Gasteiger partial charge is 0.255 e. The predicted molar refractivity (Wildman–Crippen MR) is 124 cm³/mol. The summed E-state index contributed by atoms with van der Waals surface area (Å²) in [7, 11) is 1.64. The van der Waals surface area contributed by atoms with Crippen molar-refractivity contribution in [2.45, 2.75) is 63.3 Å². The number of ether oxygens (including phenoxy) is 1. The van der Waals surface area contributed by atoms with Gasteiger partial charge in [-0.15, -0.1) is 10.2 Å². The summed E-state index contributed by atoms with van der Waals surface area (Å²) in [5, 5.41) is 31.2. The molecule has 3 aromatic rings. The molecule has 13 heteroatoms. The van der Waals surface area contributed by atoms with Gasteiger partial charge in [0.2, 0.25) is 5.91 Å². The number of aromatic nitrogens is 6. The predicted octanol–water partition coefficient (Wildman–Crippen LogP) is 2.05. The van der Waals surface area contributed by atoms with Crippen molar-refractivity contribution < 1.29 is 23.4 Å². The van der Waals surface area contributed by atoms with Gasteiger partial charge >= 0.3 is 0 Å². The molecule has 3 N–H and O–H groups in total. The largest absolute Gasteiger partial charge is 0.490 e. The van der Waals surface area contributed by atoms with Crippen molar-refractivity contribution in [2.75, 3.05) is 12.4 Å². The second-order valence-corrected chi connectivity index (χ2v) is 8.68. The Morgan fingerprint density at radius 1 is 1.22 bits per heavy atom. The molecule has 0 spiro atoms. The minimum absolute atomic E-state index is 0.0171. The number of amides is 1. The third-order valence-electron chi connectivity index (χ3n) is 5.65. The molecule has 36 heavy (non-hydrogen) atoms. The van der Waals surface area contributed by atoms with Gasteiger partial charge < -0.3 is 15.2 Å². The number of aliphatic hydroxyl groups excluding tert-OH is 1. The van der Waals surface area contributed by atoms with E-state index in [9.17, 15) is 18.7 Å². The van der Waals surface area contributed by atoms with E-state index in [2.05, 4.69) is 36.1 Å². The molecule has 4 rings (SSSR count). The first-order valence-electron chi connectivity index (χ1n) is 11.7. The van der Waals surface area contributed by atoms with Gasteiger partial charge in [-0.3, -0.25) is 19.8 Å². The van der Waals surface area contributed by atoms with E-state index >= 15 is 0 Å². The van der Waals surface area contributed by atoms with Crippen LogP contribution in [0.5, 0.6) is 5.75 Å². The van der Waals surface area contributed by atoms with E-state index in [1.165, 1.54) is 6.20 Å². The summed E-state index contributed by atoms with van der Waals surface area (Å²) in [4.78, 5) is 16.5. The fourth-order valence-electron chi connectivity index (χ4n) is 3.70. The van der Waals surface area contributed by atoms with E-state index in [-0.39, 0.29) is 25.2 Å².